The lowest BCUT2D eigenvalue weighted by Crippen LogP contribution is -2.51. The second kappa shape index (κ2) is 8.21. The Kier molecular flexibility index (Phi) is 5.76. The number of halogens is 1. The summed E-state index contributed by atoms with van der Waals surface area (Å²) in [6.45, 7) is 7.83. The van der Waals surface area contributed by atoms with Crippen LogP contribution in [0.3, 0.4) is 0 Å². The molecule has 0 atom stereocenters. The number of nitrogens with zero attached hydrogens (tertiary/aromatic N) is 3. The molecule has 0 aromatic heterocycles. The van der Waals surface area contributed by atoms with E-state index in [0.717, 1.165) is 12.2 Å². The number of benzene rings is 2. The SMILES string of the molecule is CCN(CC(=O)N1CCN(c2ccccc2F)CC1)c1cccc(C)c1. The number of aryl methyl sites for hydroxylation is 1. The molecule has 1 saturated heterocycles. The second-order valence-electron chi connectivity index (χ2n) is 6.67. The molecular formula is C21H26FN3O. The number of anilines is 2. The van der Waals surface area contributed by atoms with Crippen molar-refractivity contribution in [2.45, 2.75) is 13.8 Å². The first-order chi connectivity index (χ1) is 12.6. The largest absolute Gasteiger partial charge is 0.366 e. The Morgan fingerprint density at radius 3 is 2.46 bits per heavy atom. The van der Waals surface area contributed by atoms with Crippen LogP contribution in [0.1, 0.15) is 12.5 Å². The fourth-order valence-electron chi connectivity index (χ4n) is 3.38. The van der Waals surface area contributed by atoms with E-state index in [1.165, 1.54) is 11.6 Å². The molecule has 1 fully saturated rings. The maximum absolute atomic E-state index is 13.9. The van der Waals surface area contributed by atoms with Gasteiger partial charge in [0.15, 0.2) is 0 Å². The monoisotopic (exact) mass is 355 g/mol. The van der Waals surface area contributed by atoms with Gasteiger partial charge in [-0.25, -0.2) is 4.39 Å². The summed E-state index contributed by atoms with van der Waals surface area (Å²) in [7, 11) is 0. The number of para-hydroxylation sites is 1. The molecule has 1 aliphatic heterocycles. The summed E-state index contributed by atoms with van der Waals surface area (Å²) in [5.74, 6) is -0.0783. The predicted octanol–water partition coefficient (Wildman–Crippen LogP) is 3.31. The highest BCUT2D eigenvalue weighted by atomic mass is 19.1. The fourth-order valence-corrected chi connectivity index (χ4v) is 3.38. The van der Waals surface area contributed by atoms with E-state index in [2.05, 4.69) is 30.9 Å². The Morgan fingerprint density at radius 1 is 1.08 bits per heavy atom. The lowest BCUT2D eigenvalue weighted by Gasteiger charge is -2.37. The van der Waals surface area contributed by atoms with Gasteiger partial charge < -0.3 is 14.7 Å². The van der Waals surface area contributed by atoms with Crippen molar-refractivity contribution in [3.8, 4) is 0 Å². The average Bonchev–Trinajstić information content (AvgIpc) is 2.66. The molecule has 0 spiro atoms. The minimum Gasteiger partial charge on any atom is -0.366 e. The van der Waals surface area contributed by atoms with E-state index in [0.29, 0.717) is 38.4 Å². The van der Waals surface area contributed by atoms with Gasteiger partial charge in [-0.1, -0.05) is 24.3 Å². The summed E-state index contributed by atoms with van der Waals surface area (Å²) >= 11 is 0. The van der Waals surface area contributed by atoms with E-state index < -0.39 is 0 Å². The number of carbonyl (C=O) groups excluding carboxylic acids is 1. The number of piperazine rings is 1. The normalized spacial score (nSPS) is 14.4. The maximum Gasteiger partial charge on any atom is 0.242 e. The van der Waals surface area contributed by atoms with E-state index >= 15 is 0 Å². The molecule has 0 aliphatic carbocycles. The Bertz CT molecular complexity index is 756. The van der Waals surface area contributed by atoms with E-state index in [1.54, 1.807) is 12.1 Å². The number of carbonyl (C=O) groups is 1. The molecule has 5 heteroatoms. The summed E-state index contributed by atoms with van der Waals surface area (Å²) in [4.78, 5) is 18.7. The summed E-state index contributed by atoms with van der Waals surface area (Å²) in [6, 6.07) is 15.0. The molecule has 2 aromatic rings. The van der Waals surface area contributed by atoms with Gasteiger partial charge in [0.05, 0.1) is 12.2 Å². The first-order valence-corrected chi connectivity index (χ1v) is 9.17. The molecule has 0 bridgehead atoms. The fraction of sp³-hybridized carbons (Fsp3) is 0.381. The van der Waals surface area contributed by atoms with Gasteiger partial charge in [0, 0.05) is 38.4 Å². The first-order valence-electron chi connectivity index (χ1n) is 9.17. The molecule has 1 heterocycles. The Hall–Kier alpha value is -2.56. The number of hydrogen-bond acceptors (Lipinski definition) is 3. The van der Waals surface area contributed by atoms with Gasteiger partial charge in [0.2, 0.25) is 5.91 Å². The number of amides is 1. The van der Waals surface area contributed by atoms with Crippen LogP contribution in [0.25, 0.3) is 0 Å². The number of hydrogen-bond donors (Lipinski definition) is 0. The van der Waals surface area contributed by atoms with Gasteiger partial charge in [0.25, 0.3) is 0 Å². The highest BCUT2D eigenvalue weighted by Crippen LogP contribution is 2.21. The van der Waals surface area contributed by atoms with Crippen molar-refractivity contribution < 1.29 is 9.18 Å². The molecule has 0 N–H and O–H groups in total. The lowest BCUT2D eigenvalue weighted by molar-refractivity contribution is -0.130. The molecule has 4 nitrogen and oxygen atoms in total. The molecule has 138 valence electrons. The Balaban J connectivity index is 1.59. The third-order valence-corrected chi connectivity index (χ3v) is 4.90. The van der Waals surface area contributed by atoms with Gasteiger partial charge in [0.1, 0.15) is 5.82 Å². The smallest absolute Gasteiger partial charge is 0.242 e. The van der Waals surface area contributed by atoms with Crippen LogP contribution in [0.5, 0.6) is 0 Å². The molecule has 1 amide bonds. The number of rotatable bonds is 5. The summed E-state index contributed by atoms with van der Waals surface area (Å²) < 4.78 is 13.9. The molecule has 0 unspecified atom stereocenters. The van der Waals surface area contributed by atoms with Crippen LogP contribution in [0.15, 0.2) is 48.5 Å². The van der Waals surface area contributed by atoms with Crippen molar-refractivity contribution in [1.82, 2.24) is 4.90 Å². The highest BCUT2D eigenvalue weighted by Gasteiger charge is 2.23. The van der Waals surface area contributed by atoms with Crippen molar-refractivity contribution in [3.05, 3.63) is 59.9 Å². The van der Waals surface area contributed by atoms with Crippen molar-refractivity contribution >= 4 is 17.3 Å². The van der Waals surface area contributed by atoms with Crippen molar-refractivity contribution in [2.24, 2.45) is 0 Å². The topological polar surface area (TPSA) is 26.8 Å². The number of likely N-dealkylation sites (N-methyl/N-ethyl adjacent to an activating group) is 1. The maximum atomic E-state index is 13.9. The van der Waals surface area contributed by atoms with Crippen LogP contribution in [0, 0.1) is 12.7 Å². The van der Waals surface area contributed by atoms with Gasteiger partial charge in [-0.3, -0.25) is 4.79 Å². The van der Waals surface area contributed by atoms with Gasteiger partial charge in [-0.2, -0.15) is 0 Å². The van der Waals surface area contributed by atoms with Crippen molar-refractivity contribution in [2.75, 3.05) is 49.1 Å². The predicted molar refractivity (Wildman–Crippen MR) is 104 cm³/mol. The zero-order chi connectivity index (χ0) is 18.5. The summed E-state index contributed by atoms with van der Waals surface area (Å²) in [6.07, 6.45) is 0. The zero-order valence-corrected chi connectivity index (χ0v) is 15.5. The molecule has 0 saturated carbocycles. The third kappa shape index (κ3) is 4.15. The Morgan fingerprint density at radius 2 is 1.81 bits per heavy atom. The zero-order valence-electron chi connectivity index (χ0n) is 15.5. The van der Waals surface area contributed by atoms with Gasteiger partial charge in [-0.05, 0) is 43.7 Å². The van der Waals surface area contributed by atoms with Crippen LogP contribution < -0.4 is 9.80 Å². The van der Waals surface area contributed by atoms with Gasteiger partial charge in [-0.15, -0.1) is 0 Å². The van der Waals surface area contributed by atoms with Crippen molar-refractivity contribution in [1.29, 1.82) is 0 Å². The van der Waals surface area contributed by atoms with Crippen LogP contribution in [-0.4, -0.2) is 50.1 Å². The van der Waals surface area contributed by atoms with Crippen LogP contribution in [0.2, 0.25) is 0 Å². The molecule has 0 radical (unpaired) electrons. The summed E-state index contributed by atoms with van der Waals surface area (Å²) in [5, 5.41) is 0. The van der Waals surface area contributed by atoms with E-state index in [-0.39, 0.29) is 11.7 Å². The first kappa shape index (κ1) is 18.2. The lowest BCUT2D eigenvalue weighted by atomic mass is 10.2. The summed E-state index contributed by atoms with van der Waals surface area (Å²) in [5.41, 5.74) is 2.88. The minimum absolute atomic E-state index is 0.126. The third-order valence-electron chi connectivity index (χ3n) is 4.90. The van der Waals surface area contributed by atoms with Crippen LogP contribution in [0.4, 0.5) is 15.8 Å². The molecule has 1 aliphatic rings. The van der Waals surface area contributed by atoms with E-state index in [1.807, 2.05) is 28.0 Å². The van der Waals surface area contributed by atoms with Gasteiger partial charge >= 0.3 is 0 Å². The molecule has 26 heavy (non-hydrogen) atoms. The second-order valence-corrected chi connectivity index (χ2v) is 6.67. The quantitative estimate of drug-likeness (QED) is 0.823. The van der Waals surface area contributed by atoms with Crippen LogP contribution >= 0.6 is 0 Å². The standard InChI is InChI=1S/C21H26FN3O/c1-3-23(18-8-6-7-17(2)15-18)16-21(26)25-13-11-24(12-14-25)20-10-5-4-9-19(20)22/h4-10,15H,3,11-14,16H2,1-2H3. The minimum atomic E-state index is -0.205. The average molecular weight is 355 g/mol. The highest BCUT2D eigenvalue weighted by molar-refractivity contribution is 5.81. The molecular weight excluding hydrogens is 329 g/mol. The van der Waals surface area contributed by atoms with Crippen molar-refractivity contribution in [3.63, 3.8) is 0 Å². The van der Waals surface area contributed by atoms with E-state index in [9.17, 15) is 9.18 Å². The Labute approximate surface area is 154 Å². The van der Waals surface area contributed by atoms with Crippen LogP contribution in [-0.2, 0) is 4.79 Å². The van der Waals surface area contributed by atoms with E-state index in [4.69, 9.17) is 0 Å². The molecule has 3 rings (SSSR count). The molecule has 2 aromatic carbocycles.